The Hall–Kier alpha value is -2.76. The summed E-state index contributed by atoms with van der Waals surface area (Å²) in [5.41, 5.74) is 2.03. The molecule has 3 aromatic rings. The number of Topliss-reactive ketones (excluding diaryl/α,β-unsaturated/α-hetero) is 1. The fourth-order valence-electron chi connectivity index (χ4n) is 2.35. The lowest BCUT2D eigenvalue weighted by atomic mass is 10.1. The van der Waals surface area contributed by atoms with Gasteiger partial charge >= 0.3 is 0 Å². The summed E-state index contributed by atoms with van der Waals surface area (Å²) >= 11 is 0. The number of carbonyl (C=O) groups is 1. The molecule has 0 saturated carbocycles. The molecule has 0 aliphatic heterocycles. The van der Waals surface area contributed by atoms with Crippen LogP contribution in [0.5, 0.6) is 0 Å². The maximum atomic E-state index is 12.3. The molecule has 3 rings (SSSR count). The number of benzene rings is 1. The lowest BCUT2D eigenvalue weighted by molar-refractivity contribution is 0.0970. The van der Waals surface area contributed by atoms with Gasteiger partial charge in [0.1, 0.15) is 11.7 Å². The average Bonchev–Trinajstić information content (AvgIpc) is 2.92. The molecule has 0 atom stereocenters. The monoisotopic (exact) mass is 296 g/mol. The minimum atomic E-state index is -0.253. The highest BCUT2D eigenvalue weighted by molar-refractivity contribution is 5.96. The van der Waals surface area contributed by atoms with Crippen LogP contribution in [-0.2, 0) is 20.0 Å². The van der Waals surface area contributed by atoms with E-state index in [1.165, 1.54) is 27.3 Å². The number of aryl methyl sites for hydroxylation is 2. The number of nitrogens with zero attached hydrogens (tertiary/aromatic N) is 4. The van der Waals surface area contributed by atoms with Crippen molar-refractivity contribution < 1.29 is 4.79 Å². The highest BCUT2D eigenvalue weighted by atomic mass is 16.1. The van der Waals surface area contributed by atoms with Crippen LogP contribution < -0.4 is 5.56 Å². The summed E-state index contributed by atoms with van der Waals surface area (Å²) in [5.74, 6) is -0.116. The van der Waals surface area contributed by atoms with Crippen LogP contribution in [-0.4, -0.2) is 25.1 Å². The summed E-state index contributed by atoms with van der Waals surface area (Å²) in [7, 11) is 1.72. The van der Waals surface area contributed by atoms with Crippen LogP contribution in [0.25, 0.3) is 11.0 Å². The molecule has 0 fully saturated rings. The van der Waals surface area contributed by atoms with Crippen molar-refractivity contribution in [1.29, 1.82) is 0 Å². The van der Waals surface area contributed by atoms with Crippen molar-refractivity contribution in [1.82, 2.24) is 19.3 Å². The summed E-state index contributed by atoms with van der Waals surface area (Å²) < 4.78 is 2.85. The second-order valence-electron chi connectivity index (χ2n) is 5.16. The third-order valence-corrected chi connectivity index (χ3v) is 3.72. The molecule has 0 aliphatic rings. The maximum Gasteiger partial charge on any atom is 0.264 e. The molecule has 6 nitrogen and oxygen atoms in total. The highest BCUT2D eigenvalue weighted by Crippen LogP contribution is 2.08. The molecule has 112 valence electrons. The van der Waals surface area contributed by atoms with Crippen molar-refractivity contribution >= 4 is 16.8 Å². The van der Waals surface area contributed by atoms with Gasteiger partial charge in [0, 0.05) is 12.6 Å². The van der Waals surface area contributed by atoms with Gasteiger partial charge in [0.05, 0.1) is 12.7 Å². The molecule has 1 aromatic carbocycles. The second kappa shape index (κ2) is 5.55. The molecular formula is C16H16N4O2. The number of fused-ring (bicyclic) bond motifs is 1. The zero-order chi connectivity index (χ0) is 15.7. The van der Waals surface area contributed by atoms with E-state index in [0.29, 0.717) is 16.6 Å². The van der Waals surface area contributed by atoms with Gasteiger partial charge in [-0.1, -0.05) is 31.2 Å². The summed E-state index contributed by atoms with van der Waals surface area (Å²) in [5, 5.41) is 4.43. The topological polar surface area (TPSA) is 69.8 Å². The van der Waals surface area contributed by atoms with Crippen LogP contribution in [0.3, 0.4) is 0 Å². The molecule has 0 radical (unpaired) electrons. The van der Waals surface area contributed by atoms with Gasteiger partial charge in [0.15, 0.2) is 11.4 Å². The van der Waals surface area contributed by atoms with Crippen LogP contribution >= 0.6 is 0 Å². The number of ketones is 1. The molecule has 0 aliphatic carbocycles. The molecule has 0 saturated heterocycles. The largest absolute Gasteiger partial charge is 0.292 e. The molecule has 0 amide bonds. The second-order valence-corrected chi connectivity index (χ2v) is 5.16. The first kappa shape index (κ1) is 14.2. The fourth-order valence-corrected chi connectivity index (χ4v) is 2.35. The average molecular weight is 296 g/mol. The van der Waals surface area contributed by atoms with Crippen molar-refractivity contribution in [3.8, 4) is 0 Å². The molecule has 0 spiro atoms. The van der Waals surface area contributed by atoms with Gasteiger partial charge in [0.2, 0.25) is 0 Å². The Balaban J connectivity index is 1.90. The quantitative estimate of drug-likeness (QED) is 0.685. The van der Waals surface area contributed by atoms with Crippen molar-refractivity contribution in [2.24, 2.45) is 7.05 Å². The first-order valence-electron chi connectivity index (χ1n) is 7.09. The van der Waals surface area contributed by atoms with Gasteiger partial charge < -0.3 is 0 Å². The smallest absolute Gasteiger partial charge is 0.264 e. The van der Waals surface area contributed by atoms with Gasteiger partial charge in [-0.2, -0.15) is 5.10 Å². The van der Waals surface area contributed by atoms with E-state index in [0.717, 1.165) is 6.42 Å². The first-order chi connectivity index (χ1) is 10.6. The number of hydrogen-bond acceptors (Lipinski definition) is 4. The summed E-state index contributed by atoms with van der Waals surface area (Å²) in [6, 6.07) is 7.45. The van der Waals surface area contributed by atoms with Crippen LogP contribution in [0, 0.1) is 0 Å². The summed E-state index contributed by atoms with van der Waals surface area (Å²) in [4.78, 5) is 28.8. The standard InChI is InChI=1S/C16H16N4O2/c1-3-11-4-6-12(7-5-11)14(21)9-20-10-17-15-13(16(20)22)8-18-19(15)2/h4-8,10H,3,9H2,1-2H3. The molecule has 0 N–H and O–H groups in total. The molecule has 0 unspecified atom stereocenters. The van der Waals surface area contributed by atoms with Crippen LogP contribution in [0.2, 0.25) is 0 Å². The van der Waals surface area contributed by atoms with E-state index < -0.39 is 0 Å². The van der Waals surface area contributed by atoms with Gasteiger partial charge in [-0.3, -0.25) is 18.8 Å². The van der Waals surface area contributed by atoms with Gasteiger partial charge in [-0.25, -0.2) is 4.98 Å². The number of rotatable bonds is 4. The van der Waals surface area contributed by atoms with E-state index in [1.54, 1.807) is 19.2 Å². The Morgan fingerprint density at radius 1 is 1.23 bits per heavy atom. The van der Waals surface area contributed by atoms with Crippen LogP contribution in [0.1, 0.15) is 22.8 Å². The van der Waals surface area contributed by atoms with E-state index in [1.807, 2.05) is 12.1 Å². The molecule has 22 heavy (non-hydrogen) atoms. The molecule has 2 aromatic heterocycles. The lowest BCUT2D eigenvalue weighted by Gasteiger charge is -2.05. The normalized spacial score (nSPS) is 11.0. The zero-order valence-electron chi connectivity index (χ0n) is 12.5. The van der Waals surface area contributed by atoms with E-state index in [9.17, 15) is 9.59 Å². The van der Waals surface area contributed by atoms with Crippen molar-refractivity contribution in [3.05, 3.63) is 58.3 Å². The number of carbonyl (C=O) groups excluding carboxylic acids is 1. The molecule has 2 heterocycles. The minimum absolute atomic E-state index is 0.0257. The third-order valence-electron chi connectivity index (χ3n) is 3.72. The van der Waals surface area contributed by atoms with Crippen LogP contribution in [0.15, 0.2) is 41.6 Å². The highest BCUT2D eigenvalue weighted by Gasteiger charge is 2.12. The van der Waals surface area contributed by atoms with E-state index in [4.69, 9.17) is 0 Å². The Bertz CT molecular complexity index is 891. The first-order valence-corrected chi connectivity index (χ1v) is 7.09. The Kier molecular flexibility index (Phi) is 3.58. The van der Waals surface area contributed by atoms with Gasteiger partial charge in [-0.15, -0.1) is 0 Å². The maximum absolute atomic E-state index is 12.3. The summed E-state index contributed by atoms with van der Waals surface area (Å²) in [6.45, 7) is 2.04. The fraction of sp³-hybridized carbons (Fsp3) is 0.250. The Morgan fingerprint density at radius 2 is 1.95 bits per heavy atom. The van der Waals surface area contributed by atoms with E-state index >= 15 is 0 Å². The molecular weight excluding hydrogens is 280 g/mol. The number of aromatic nitrogens is 4. The predicted octanol–water partition coefficient (Wildman–Crippen LogP) is 1.58. The van der Waals surface area contributed by atoms with Gasteiger partial charge in [0.25, 0.3) is 5.56 Å². The lowest BCUT2D eigenvalue weighted by Crippen LogP contribution is -2.24. The Labute approximate surface area is 127 Å². The summed E-state index contributed by atoms with van der Waals surface area (Å²) in [6.07, 6.45) is 3.79. The SMILES string of the molecule is CCc1ccc(C(=O)Cn2cnc3c(cnn3C)c2=O)cc1. The Morgan fingerprint density at radius 3 is 2.64 bits per heavy atom. The number of hydrogen-bond donors (Lipinski definition) is 0. The van der Waals surface area contributed by atoms with E-state index in [2.05, 4.69) is 17.0 Å². The third kappa shape index (κ3) is 2.43. The van der Waals surface area contributed by atoms with Crippen molar-refractivity contribution in [2.75, 3.05) is 0 Å². The van der Waals surface area contributed by atoms with Gasteiger partial charge in [-0.05, 0) is 12.0 Å². The van der Waals surface area contributed by atoms with Crippen molar-refractivity contribution in [3.63, 3.8) is 0 Å². The van der Waals surface area contributed by atoms with E-state index in [-0.39, 0.29) is 17.9 Å². The molecule has 0 bridgehead atoms. The zero-order valence-corrected chi connectivity index (χ0v) is 12.5. The predicted molar refractivity (Wildman–Crippen MR) is 82.9 cm³/mol. The van der Waals surface area contributed by atoms with Crippen molar-refractivity contribution in [2.45, 2.75) is 19.9 Å². The molecule has 6 heteroatoms. The van der Waals surface area contributed by atoms with Crippen LogP contribution in [0.4, 0.5) is 0 Å². The minimum Gasteiger partial charge on any atom is -0.292 e.